The molecule has 2 aromatic rings. The monoisotopic (exact) mass is 275 g/mol. The van der Waals surface area contributed by atoms with Gasteiger partial charge in [0.1, 0.15) is 0 Å². The zero-order chi connectivity index (χ0) is 13.7. The smallest absolute Gasteiger partial charge is 0.224 e. The van der Waals surface area contributed by atoms with E-state index in [0.29, 0.717) is 18.7 Å². The van der Waals surface area contributed by atoms with Gasteiger partial charge >= 0.3 is 0 Å². The number of thiazole rings is 1. The Morgan fingerprint density at radius 2 is 2.21 bits per heavy atom. The quantitative estimate of drug-likeness (QED) is 0.819. The van der Waals surface area contributed by atoms with Crippen LogP contribution in [0.25, 0.3) is 0 Å². The van der Waals surface area contributed by atoms with Crippen LogP contribution in [-0.2, 0) is 17.6 Å². The topological polar surface area (TPSA) is 68.0 Å². The first-order chi connectivity index (χ1) is 9.15. The van der Waals surface area contributed by atoms with E-state index in [1.807, 2.05) is 30.5 Å². The number of nitrogens with zero attached hydrogens (tertiary/aromatic N) is 1. The maximum absolute atomic E-state index is 11.8. The van der Waals surface area contributed by atoms with E-state index < -0.39 is 0 Å². The van der Waals surface area contributed by atoms with Gasteiger partial charge in [-0.25, -0.2) is 4.98 Å². The zero-order valence-electron chi connectivity index (χ0n) is 10.8. The molecule has 0 aliphatic carbocycles. The number of nitrogens with two attached hydrogens (primary N) is 1. The average Bonchev–Trinajstić information content (AvgIpc) is 2.78. The van der Waals surface area contributed by atoms with Gasteiger partial charge in [0.15, 0.2) is 0 Å². The van der Waals surface area contributed by atoms with Crippen LogP contribution in [0.5, 0.6) is 0 Å². The van der Waals surface area contributed by atoms with E-state index in [-0.39, 0.29) is 5.91 Å². The van der Waals surface area contributed by atoms with Crippen LogP contribution >= 0.6 is 11.3 Å². The molecule has 0 radical (unpaired) electrons. The largest absolute Gasteiger partial charge is 0.398 e. The second kappa shape index (κ2) is 6.33. The molecule has 1 aromatic heterocycles. The van der Waals surface area contributed by atoms with Crippen LogP contribution in [0.4, 0.5) is 5.69 Å². The van der Waals surface area contributed by atoms with Gasteiger partial charge in [-0.3, -0.25) is 4.79 Å². The van der Waals surface area contributed by atoms with Crippen molar-refractivity contribution in [2.45, 2.75) is 19.8 Å². The first-order valence-corrected chi connectivity index (χ1v) is 7.04. The van der Waals surface area contributed by atoms with E-state index in [0.717, 1.165) is 22.7 Å². The van der Waals surface area contributed by atoms with Crippen molar-refractivity contribution < 1.29 is 4.79 Å². The van der Waals surface area contributed by atoms with Crippen LogP contribution in [0.15, 0.2) is 29.6 Å². The number of nitrogen functional groups attached to an aromatic ring is 1. The number of hydrogen-bond donors (Lipinski definition) is 2. The van der Waals surface area contributed by atoms with E-state index in [2.05, 4.69) is 10.3 Å². The number of hydrogen-bond acceptors (Lipinski definition) is 4. The number of nitrogens with one attached hydrogen (secondary N) is 1. The molecule has 19 heavy (non-hydrogen) atoms. The highest BCUT2D eigenvalue weighted by Crippen LogP contribution is 2.11. The summed E-state index contributed by atoms with van der Waals surface area (Å²) in [6.45, 7) is 2.58. The fraction of sp³-hybridized carbons (Fsp3) is 0.286. The molecule has 1 amide bonds. The second-order valence-corrected chi connectivity index (χ2v) is 5.30. The highest BCUT2D eigenvalue weighted by atomic mass is 32.1. The standard InChI is InChI=1S/C14H17N3OS/c1-10-9-19-14(17-10)6-7-16-13(18)8-11-4-2-3-5-12(11)15/h2-5,9H,6-8,15H2,1H3,(H,16,18). The summed E-state index contributed by atoms with van der Waals surface area (Å²) in [6.07, 6.45) is 1.10. The summed E-state index contributed by atoms with van der Waals surface area (Å²) in [5.41, 5.74) is 8.36. The summed E-state index contributed by atoms with van der Waals surface area (Å²) < 4.78 is 0. The molecule has 2 rings (SSSR count). The van der Waals surface area contributed by atoms with Crippen LogP contribution in [0.1, 0.15) is 16.3 Å². The molecule has 0 bridgehead atoms. The Morgan fingerprint density at radius 3 is 2.89 bits per heavy atom. The summed E-state index contributed by atoms with van der Waals surface area (Å²) in [5.74, 6) is -0.00817. The predicted octanol–water partition coefficient (Wildman–Crippen LogP) is 1.94. The van der Waals surface area contributed by atoms with Crippen molar-refractivity contribution in [2.75, 3.05) is 12.3 Å². The lowest BCUT2D eigenvalue weighted by Crippen LogP contribution is -2.27. The Bertz CT molecular complexity index is 565. The third kappa shape index (κ3) is 4.06. The summed E-state index contributed by atoms with van der Waals surface area (Å²) in [4.78, 5) is 16.1. The van der Waals surface area contributed by atoms with Crippen molar-refractivity contribution in [3.63, 3.8) is 0 Å². The Morgan fingerprint density at radius 1 is 1.42 bits per heavy atom. The van der Waals surface area contributed by atoms with Crippen molar-refractivity contribution in [3.8, 4) is 0 Å². The molecule has 100 valence electrons. The molecule has 0 unspecified atom stereocenters. The first kappa shape index (κ1) is 13.5. The number of para-hydroxylation sites is 1. The second-order valence-electron chi connectivity index (χ2n) is 4.36. The highest BCUT2D eigenvalue weighted by molar-refractivity contribution is 7.09. The van der Waals surface area contributed by atoms with Gasteiger partial charge in [0, 0.05) is 29.7 Å². The number of carbonyl (C=O) groups excluding carboxylic acids is 1. The van der Waals surface area contributed by atoms with Gasteiger partial charge in [-0.1, -0.05) is 18.2 Å². The lowest BCUT2D eigenvalue weighted by atomic mass is 10.1. The van der Waals surface area contributed by atoms with Gasteiger partial charge in [-0.15, -0.1) is 11.3 Å². The van der Waals surface area contributed by atoms with Crippen molar-refractivity contribution >= 4 is 22.9 Å². The third-order valence-electron chi connectivity index (χ3n) is 2.73. The SMILES string of the molecule is Cc1csc(CCNC(=O)Cc2ccccc2N)n1. The van der Waals surface area contributed by atoms with E-state index >= 15 is 0 Å². The summed E-state index contributed by atoms with van der Waals surface area (Å²) >= 11 is 1.63. The summed E-state index contributed by atoms with van der Waals surface area (Å²) in [7, 11) is 0. The molecule has 0 saturated heterocycles. The number of amides is 1. The Kier molecular flexibility index (Phi) is 4.52. The Labute approximate surface area is 116 Å². The van der Waals surface area contributed by atoms with Crippen molar-refractivity contribution in [1.29, 1.82) is 0 Å². The lowest BCUT2D eigenvalue weighted by molar-refractivity contribution is -0.120. The van der Waals surface area contributed by atoms with E-state index in [4.69, 9.17) is 5.73 Å². The lowest BCUT2D eigenvalue weighted by Gasteiger charge is -2.06. The fourth-order valence-electron chi connectivity index (χ4n) is 1.76. The fourth-order valence-corrected chi connectivity index (χ4v) is 2.53. The van der Waals surface area contributed by atoms with Crippen LogP contribution in [0.3, 0.4) is 0 Å². The van der Waals surface area contributed by atoms with E-state index in [1.165, 1.54) is 0 Å². The minimum Gasteiger partial charge on any atom is -0.398 e. The maximum Gasteiger partial charge on any atom is 0.224 e. The van der Waals surface area contributed by atoms with Gasteiger partial charge in [0.2, 0.25) is 5.91 Å². The van der Waals surface area contributed by atoms with Crippen LogP contribution in [0.2, 0.25) is 0 Å². The van der Waals surface area contributed by atoms with Crippen LogP contribution in [0, 0.1) is 6.92 Å². The molecule has 1 heterocycles. The Hall–Kier alpha value is -1.88. The van der Waals surface area contributed by atoms with E-state index in [9.17, 15) is 4.79 Å². The van der Waals surface area contributed by atoms with Crippen LogP contribution in [-0.4, -0.2) is 17.4 Å². The molecule has 0 aliphatic heterocycles. The molecule has 4 nitrogen and oxygen atoms in total. The molecule has 5 heteroatoms. The number of carbonyl (C=O) groups is 1. The van der Waals surface area contributed by atoms with Gasteiger partial charge in [0.25, 0.3) is 0 Å². The molecular formula is C14H17N3OS. The number of aromatic nitrogens is 1. The first-order valence-electron chi connectivity index (χ1n) is 6.16. The third-order valence-corrected chi connectivity index (χ3v) is 3.76. The average molecular weight is 275 g/mol. The van der Waals surface area contributed by atoms with Gasteiger partial charge in [-0.2, -0.15) is 0 Å². The maximum atomic E-state index is 11.8. The van der Waals surface area contributed by atoms with Crippen LogP contribution < -0.4 is 11.1 Å². The molecule has 0 fully saturated rings. The van der Waals surface area contributed by atoms with Crippen molar-refractivity contribution in [2.24, 2.45) is 0 Å². The molecule has 3 N–H and O–H groups in total. The molecular weight excluding hydrogens is 258 g/mol. The van der Waals surface area contributed by atoms with Gasteiger partial charge in [-0.05, 0) is 18.6 Å². The predicted molar refractivity (Wildman–Crippen MR) is 78.1 cm³/mol. The molecule has 0 atom stereocenters. The van der Waals surface area contributed by atoms with E-state index in [1.54, 1.807) is 17.4 Å². The number of anilines is 1. The van der Waals surface area contributed by atoms with Gasteiger partial charge in [0.05, 0.1) is 11.4 Å². The summed E-state index contributed by atoms with van der Waals surface area (Å²) in [5, 5.41) is 5.96. The van der Waals surface area contributed by atoms with Crippen molar-refractivity contribution in [1.82, 2.24) is 10.3 Å². The Balaban J connectivity index is 1.77. The molecule has 0 spiro atoms. The number of benzene rings is 1. The zero-order valence-corrected chi connectivity index (χ0v) is 11.7. The number of rotatable bonds is 5. The minimum absolute atomic E-state index is 0.00817. The minimum atomic E-state index is -0.00817. The van der Waals surface area contributed by atoms with Gasteiger partial charge < -0.3 is 11.1 Å². The molecule has 0 aliphatic rings. The molecule has 0 saturated carbocycles. The molecule has 1 aromatic carbocycles. The van der Waals surface area contributed by atoms with Crippen molar-refractivity contribution in [3.05, 3.63) is 45.9 Å². The summed E-state index contributed by atoms with van der Waals surface area (Å²) in [6, 6.07) is 7.43. The number of aryl methyl sites for hydroxylation is 1. The normalized spacial score (nSPS) is 10.4. The highest BCUT2D eigenvalue weighted by Gasteiger charge is 2.06.